The Hall–Kier alpha value is -1.76. The number of nitrogens with zero attached hydrogens (tertiary/aromatic N) is 3. The molecule has 1 saturated heterocycles. The minimum absolute atomic E-state index is 0.551. The van der Waals surface area contributed by atoms with Crippen molar-refractivity contribution in [3.8, 4) is 6.07 Å². The normalized spacial score (nSPS) is 19.3. The quantitative estimate of drug-likeness (QED) is 0.864. The summed E-state index contributed by atoms with van der Waals surface area (Å²) in [5.41, 5.74) is 6.78. The molecule has 2 N–H and O–H groups in total. The maximum atomic E-state index is 9.10. The SMILES string of the molecule is CCCC1CCN(c2ncc(N)cc2C#N)C1. The van der Waals surface area contributed by atoms with Crippen LogP contribution >= 0.6 is 0 Å². The Labute approximate surface area is 102 Å². The summed E-state index contributed by atoms with van der Waals surface area (Å²) in [7, 11) is 0. The van der Waals surface area contributed by atoms with E-state index in [1.165, 1.54) is 19.3 Å². The molecule has 1 aliphatic rings. The molecule has 0 amide bonds. The summed E-state index contributed by atoms with van der Waals surface area (Å²) >= 11 is 0. The molecule has 1 aromatic rings. The van der Waals surface area contributed by atoms with E-state index in [-0.39, 0.29) is 0 Å². The lowest BCUT2D eigenvalue weighted by Crippen LogP contribution is -2.22. The molecule has 0 spiro atoms. The molecule has 4 nitrogen and oxygen atoms in total. The van der Waals surface area contributed by atoms with Gasteiger partial charge in [0.1, 0.15) is 11.9 Å². The van der Waals surface area contributed by atoms with Crippen LogP contribution in [0.3, 0.4) is 0 Å². The Kier molecular flexibility index (Phi) is 3.48. The van der Waals surface area contributed by atoms with Crippen molar-refractivity contribution >= 4 is 11.5 Å². The van der Waals surface area contributed by atoms with Crippen LogP contribution in [-0.2, 0) is 0 Å². The van der Waals surface area contributed by atoms with E-state index in [9.17, 15) is 0 Å². The van der Waals surface area contributed by atoms with Gasteiger partial charge in [-0.25, -0.2) is 4.98 Å². The molecule has 1 aliphatic heterocycles. The molecule has 1 fully saturated rings. The second-order valence-electron chi connectivity index (χ2n) is 4.64. The topological polar surface area (TPSA) is 65.9 Å². The van der Waals surface area contributed by atoms with Crippen LogP contribution in [0.1, 0.15) is 31.7 Å². The van der Waals surface area contributed by atoms with Gasteiger partial charge in [0.2, 0.25) is 0 Å². The summed E-state index contributed by atoms with van der Waals surface area (Å²) in [6.07, 6.45) is 5.31. The lowest BCUT2D eigenvalue weighted by Gasteiger charge is -2.18. The van der Waals surface area contributed by atoms with Crippen molar-refractivity contribution in [1.82, 2.24) is 4.98 Å². The average Bonchev–Trinajstić information content (AvgIpc) is 2.78. The second-order valence-corrected chi connectivity index (χ2v) is 4.64. The van der Waals surface area contributed by atoms with Crippen molar-refractivity contribution in [2.75, 3.05) is 23.7 Å². The van der Waals surface area contributed by atoms with Gasteiger partial charge >= 0.3 is 0 Å². The summed E-state index contributed by atoms with van der Waals surface area (Å²) in [4.78, 5) is 6.51. The number of anilines is 2. The van der Waals surface area contributed by atoms with Crippen molar-refractivity contribution in [2.45, 2.75) is 26.2 Å². The molecule has 2 rings (SSSR count). The van der Waals surface area contributed by atoms with Crippen molar-refractivity contribution in [3.05, 3.63) is 17.8 Å². The Balaban J connectivity index is 2.16. The monoisotopic (exact) mass is 230 g/mol. The molecule has 1 unspecified atom stereocenters. The predicted octanol–water partition coefficient (Wildman–Crippen LogP) is 2.16. The number of nitrogen functional groups attached to an aromatic ring is 1. The van der Waals surface area contributed by atoms with Crippen LogP contribution in [0.15, 0.2) is 12.3 Å². The van der Waals surface area contributed by atoms with Gasteiger partial charge in [-0.3, -0.25) is 0 Å². The minimum atomic E-state index is 0.551. The van der Waals surface area contributed by atoms with Crippen LogP contribution in [0.5, 0.6) is 0 Å². The largest absolute Gasteiger partial charge is 0.397 e. The number of hydrogen-bond acceptors (Lipinski definition) is 4. The van der Waals surface area contributed by atoms with Crippen molar-refractivity contribution in [1.29, 1.82) is 5.26 Å². The highest BCUT2D eigenvalue weighted by Gasteiger charge is 2.24. The number of rotatable bonds is 3. The highest BCUT2D eigenvalue weighted by Crippen LogP contribution is 2.27. The standard InChI is InChI=1S/C13H18N4/c1-2-3-10-4-5-17(9-10)13-11(7-14)6-12(15)8-16-13/h6,8,10H,2-5,9,15H2,1H3. The van der Waals surface area contributed by atoms with Crippen molar-refractivity contribution < 1.29 is 0 Å². The fourth-order valence-electron chi connectivity index (χ4n) is 2.48. The highest BCUT2D eigenvalue weighted by molar-refractivity contribution is 5.59. The van der Waals surface area contributed by atoms with Crippen LogP contribution in [0.25, 0.3) is 0 Å². The number of pyridine rings is 1. The number of nitrogens with two attached hydrogens (primary N) is 1. The van der Waals surface area contributed by atoms with Gasteiger partial charge < -0.3 is 10.6 Å². The van der Waals surface area contributed by atoms with Gasteiger partial charge in [0.25, 0.3) is 0 Å². The Morgan fingerprint density at radius 2 is 2.47 bits per heavy atom. The van der Waals surface area contributed by atoms with Crippen LogP contribution in [-0.4, -0.2) is 18.1 Å². The minimum Gasteiger partial charge on any atom is -0.397 e. The van der Waals surface area contributed by atoms with Gasteiger partial charge in [0, 0.05) is 13.1 Å². The zero-order valence-corrected chi connectivity index (χ0v) is 10.2. The van der Waals surface area contributed by atoms with Gasteiger partial charge in [0.15, 0.2) is 0 Å². The molecular weight excluding hydrogens is 212 g/mol. The lowest BCUT2D eigenvalue weighted by molar-refractivity contribution is 0.529. The third kappa shape index (κ3) is 2.50. The second kappa shape index (κ2) is 5.05. The highest BCUT2D eigenvalue weighted by atomic mass is 15.2. The van der Waals surface area contributed by atoms with Gasteiger partial charge in [-0.1, -0.05) is 13.3 Å². The van der Waals surface area contributed by atoms with Crippen LogP contribution < -0.4 is 10.6 Å². The maximum Gasteiger partial charge on any atom is 0.146 e. The van der Waals surface area contributed by atoms with E-state index in [0.717, 1.165) is 24.8 Å². The van der Waals surface area contributed by atoms with Gasteiger partial charge in [-0.2, -0.15) is 5.26 Å². The van der Waals surface area contributed by atoms with E-state index >= 15 is 0 Å². The molecule has 2 heterocycles. The Morgan fingerprint density at radius 3 is 3.18 bits per heavy atom. The summed E-state index contributed by atoms with van der Waals surface area (Å²) < 4.78 is 0. The molecule has 0 aliphatic carbocycles. The fourth-order valence-corrected chi connectivity index (χ4v) is 2.48. The fraction of sp³-hybridized carbons (Fsp3) is 0.538. The molecule has 0 saturated carbocycles. The van der Waals surface area contributed by atoms with E-state index in [2.05, 4.69) is 22.9 Å². The molecule has 1 atom stereocenters. The first kappa shape index (κ1) is 11.7. The molecule has 90 valence electrons. The number of nitriles is 1. The summed E-state index contributed by atoms with van der Waals surface area (Å²) in [6.45, 7) is 4.22. The number of hydrogen-bond donors (Lipinski definition) is 1. The molecule has 0 bridgehead atoms. The Bertz CT molecular complexity index is 436. The van der Waals surface area contributed by atoms with Crippen molar-refractivity contribution in [2.24, 2.45) is 5.92 Å². The maximum absolute atomic E-state index is 9.10. The molecule has 0 radical (unpaired) electrons. The molecule has 17 heavy (non-hydrogen) atoms. The first-order valence-electron chi connectivity index (χ1n) is 6.15. The molecule has 0 aromatic carbocycles. The molecular formula is C13H18N4. The van der Waals surface area contributed by atoms with Crippen molar-refractivity contribution in [3.63, 3.8) is 0 Å². The van der Waals surface area contributed by atoms with Gasteiger partial charge in [-0.15, -0.1) is 0 Å². The van der Waals surface area contributed by atoms with Gasteiger partial charge in [-0.05, 0) is 24.8 Å². The Morgan fingerprint density at radius 1 is 1.65 bits per heavy atom. The summed E-state index contributed by atoms with van der Waals surface area (Å²) in [5, 5.41) is 9.10. The zero-order chi connectivity index (χ0) is 12.3. The lowest BCUT2D eigenvalue weighted by atomic mass is 10.0. The average molecular weight is 230 g/mol. The van der Waals surface area contributed by atoms with Crippen LogP contribution in [0, 0.1) is 17.2 Å². The molecule has 4 heteroatoms. The van der Waals surface area contributed by atoms with E-state index < -0.39 is 0 Å². The summed E-state index contributed by atoms with van der Waals surface area (Å²) in [5.74, 6) is 1.53. The third-order valence-corrected chi connectivity index (χ3v) is 3.29. The smallest absolute Gasteiger partial charge is 0.146 e. The first-order chi connectivity index (χ1) is 8.24. The predicted molar refractivity (Wildman–Crippen MR) is 68.6 cm³/mol. The van der Waals surface area contributed by atoms with Crippen LogP contribution in [0.4, 0.5) is 11.5 Å². The van der Waals surface area contributed by atoms with E-state index in [1.807, 2.05) is 0 Å². The third-order valence-electron chi connectivity index (χ3n) is 3.29. The van der Waals surface area contributed by atoms with Crippen LogP contribution in [0.2, 0.25) is 0 Å². The summed E-state index contributed by atoms with van der Waals surface area (Å²) in [6, 6.07) is 3.88. The van der Waals surface area contributed by atoms with Gasteiger partial charge in [0.05, 0.1) is 17.4 Å². The van der Waals surface area contributed by atoms with E-state index in [4.69, 9.17) is 11.0 Å². The van der Waals surface area contributed by atoms with E-state index in [0.29, 0.717) is 11.3 Å². The number of aromatic nitrogens is 1. The first-order valence-corrected chi connectivity index (χ1v) is 6.15. The zero-order valence-electron chi connectivity index (χ0n) is 10.2. The molecule has 1 aromatic heterocycles. The van der Waals surface area contributed by atoms with E-state index in [1.54, 1.807) is 12.3 Å².